The van der Waals surface area contributed by atoms with Gasteiger partial charge in [0.05, 0.1) is 5.92 Å². The maximum Gasteiger partial charge on any atom is 0.232 e. The smallest absolute Gasteiger partial charge is 0.232 e. The second kappa shape index (κ2) is 10.3. The van der Waals surface area contributed by atoms with Gasteiger partial charge in [-0.3, -0.25) is 9.69 Å². The molecule has 0 radical (unpaired) electrons. The van der Waals surface area contributed by atoms with Crippen molar-refractivity contribution >= 4 is 18.3 Å². The largest absolute Gasteiger partial charge is 0.354 e. The first kappa shape index (κ1) is 23.4. The first-order valence-electron chi connectivity index (χ1n) is 10.6. The summed E-state index contributed by atoms with van der Waals surface area (Å²) in [5.41, 5.74) is 7.02. The molecule has 1 amide bonds. The molecular formula is C25H35ClN2O. The van der Waals surface area contributed by atoms with Gasteiger partial charge in [-0.05, 0) is 87.0 Å². The number of rotatable bonds is 6. The van der Waals surface area contributed by atoms with Crippen LogP contribution >= 0.6 is 12.4 Å². The molecule has 0 aliphatic carbocycles. The molecule has 1 unspecified atom stereocenters. The Kier molecular flexibility index (Phi) is 8.30. The van der Waals surface area contributed by atoms with Crippen LogP contribution in [0.4, 0.5) is 0 Å². The number of halogens is 1. The van der Waals surface area contributed by atoms with E-state index in [9.17, 15) is 4.79 Å². The molecule has 0 saturated carbocycles. The Hall–Kier alpha value is -1.84. The van der Waals surface area contributed by atoms with Gasteiger partial charge in [-0.25, -0.2) is 0 Å². The maximum absolute atomic E-state index is 13.6. The standard InChI is InChI=1S/C25H34N2O.ClH/c1-6-27-15-9-14-21(27)16-26-25(28)24(22-17(2)10-7-11-18(22)3)23-19(4)12-8-13-20(23)5;/h7-8,10-13,21,24H,6,9,14-16H2,1-5H3,(H,26,28);1H. The fourth-order valence-electron chi connectivity index (χ4n) is 4.84. The molecule has 1 fully saturated rings. The van der Waals surface area contributed by atoms with Crippen molar-refractivity contribution in [2.24, 2.45) is 0 Å². The van der Waals surface area contributed by atoms with Crippen LogP contribution in [-0.4, -0.2) is 36.5 Å². The van der Waals surface area contributed by atoms with Crippen LogP contribution in [0.3, 0.4) is 0 Å². The molecular weight excluding hydrogens is 380 g/mol. The Bertz CT molecular complexity index is 757. The van der Waals surface area contributed by atoms with Gasteiger partial charge in [-0.15, -0.1) is 12.4 Å². The average Bonchev–Trinajstić information content (AvgIpc) is 3.12. The number of amides is 1. The molecule has 29 heavy (non-hydrogen) atoms. The average molecular weight is 415 g/mol. The normalized spacial score (nSPS) is 16.7. The maximum atomic E-state index is 13.6. The predicted octanol–water partition coefficient (Wildman–Crippen LogP) is 5.07. The van der Waals surface area contributed by atoms with Crippen LogP contribution < -0.4 is 5.32 Å². The van der Waals surface area contributed by atoms with Crippen molar-refractivity contribution in [1.82, 2.24) is 10.2 Å². The lowest BCUT2D eigenvalue weighted by Gasteiger charge is -2.27. The van der Waals surface area contributed by atoms with Gasteiger partial charge in [-0.1, -0.05) is 43.3 Å². The van der Waals surface area contributed by atoms with Crippen LogP contribution in [0.15, 0.2) is 36.4 Å². The van der Waals surface area contributed by atoms with E-state index in [0.29, 0.717) is 6.04 Å². The zero-order valence-corrected chi connectivity index (χ0v) is 19.2. The molecule has 1 N–H and O–H groups in total. The lowest BCUT2D eigenvalue weighted by atomic mass is 9.81. The molecule has 0 aromatic heterocycles. The van der Waals surface area contributed by atoms with Gasteiger partial charge in [0.25, 0.3) is 0 Å². The highest BCUT2D eigenvalue weighted by molar-refractivity contribution is 5.89. The number of likely N-dealkylation sites (tertiary alicyclic amines) is 1. The van der Waals surface area contributed by atoms with Crippen LogP contribution in [-0.2, 0) is 4.79 Å². The molecule has 4 heteroatoms. The van der Waals surface area contributed by atoms with E-state index >= 15 is 0 Å². The Morgan fingerprint density at radius 1 is 1.00 bits per heavy atom. The number of benzene rings is 2. The summed E-state index contributed by atoms with van der Waals surface area (Å²) in [6.45, 7) is 13.6. The number of aryl methyl sites for hydroxylation is 4. The van der Waals surface area contributed by atoms with E-state index in [-0.39, 0.29) is 24.2 Å². The van der Waals surface area contributed by atoms with Gasteiger partial charge in [0, 0.05) is 12.6 Å². The summed E-state index contributed by atoms with van der Waals surface area (Å²) in [4.78, 5) is 16.1. The lowest BCUT2D eigenvalue weighted by Crippen LogP contribution is -2.42. The van der Waals surface area contributed by atoms with Crippen LogP contribution in [0.5, 0.6) is 0 Å². The molecule has 0 spiro atoms. The zero-order chi connectivity index (χ0) is 20.3. The van der Waals surface area contributed by atoms with Crippen molar-refractivity contribution in [3.05, 3.63) is 69.8 Å². The molecule has 0 bridgehead atoms. The van der Waals surface area contributed by atoms with Crippen LogP contribution in [0.2, 0.25) is 0 Å². The Morgan fingerprint density at radius 2 is 1.48 bits per heavy atom. The fraction of sp³-hybridized carbons (Fsp3) is 0.480. The molecule has 1 atom stereocenters. The Morgan fingerprint density at radius 3 is 1.93 bits per heavy atom. The van der Waals surface area contributed by atoms with E-state index < -0.39 is 0 Å². The predicted molar refractivity (Wildman–Crippen MR) is 124 cm³/mol. The van der Waals surface area contributed by atoms with Crippen LogP contribution in [0, 0.1) is 27.7 Å². The lowest BCUT2D eigenvalue weighted by molar-refractivity contribution is -0.121. The summed E-state index contributed by atoms with van der Waals surface area (Å²) < 4.78 is 0. The highest BCUT2D eigenvalue weighted by Crippen LogP contribution is 2.34. The second-order valence-corrected chi connectivity index (χ2v) is 8.21. The molecule has 158 valence electrons. The molecule has 1 heterocycles. The van der Waals surface area contributed by atoms with E-state index in [0.717, 1.165) is 30.8 Å². The van der Waals surface area contributed by atoms with Crippen molar-refractivity contribution < 1.29 is 4.79 Å². The van der Waals surface area contributed by atoms with Crippen molar-refractivity contribution in [2.75, 3.05) is 19.6 Å². The van der Waals surface area contributed by atoms with E-state index in [1.165, 1.54) is 35.1 Å². The Balaban J connectivity index is 0.00000300. The van der Waals surface area contributed by atoms with Crippen LogP contribution in [0.1, 0.15) is 59.1 Å². The van der Waals surface area contributed by atoms with Crippen LogP contribution in [0.25, 0.3) is 0 Å². The number of hydrogen-bond acceptors (Lipinski definition) is 2. The third kappa shape index (κ3) is 5.02. The van der Waals surface area contributed by atoms with Gasteiger partial charge < -0.3 is 5.32 Å². The number of carbonyl (C=O) groups is 1. The quantitative estimate of drug-likeness (QED) is 0.715. The molecule has 1 aliphatic heterocycles. The topological polar surface area (TPSA) is 32.3 Å². The monoisotopic (exact) mass is 414 g/mol. The summed E-state index contributed by atoms with van der Waals surface area (Å²) in [6, 6.07) is 13.1. The minimum absolute atomic E-state index is 0. The highest BCUT2D eigenvalue weighted by Gasteiger charge is 2.30. The highest BCUT2D eigenvalue weighted by atomic mass is 35.5. The minimum atomic E-state index is -0.265. The van der Waals surface area contributed by atoms with Crippen molar-refractivity contribution in [1.29, 1.82) is 0 Å². The molecule has 3 rings (SSSR count). The van der Waals surface area contributed by atoms with Gasteiger partial charge in [0.15, 0.2) is 0 Å². The number of carbonyl (C=O) groups excluding carboxylic acids is 1. The molecule has 2 aromatic rings. The van der Waals surface area contributed by atoms with E-state index in [4.69, 9.17) is 0 Å². The summed E-state index contributed by atoms with van der Waals surface area (Å²) in [6.07, 6.45) is 2.40. The molecule has 1 saturated heterocycles. The fourth-order valence-corrected chi connectivity index (χ4v) is 4.84. The Labute approximate surface area is 182 Å². The number of likely N-dealkylation sites (N-methyl/N-ethyl adjacent to an activating group) is 1. The minimum Gasteiger partial charge on any atom is -0.354 e. The van der Waals surface area contributed by atoms with Crippen molar-refractivity contribution in [3.63, 3.8) is 0 Å². The first-order valence-corrected chi connectivity index (χ1v) is 10.6. The summed E-state index contributed by atoms with van der Waals surface area (Å²) in [5, 5.41) is 3.31. The second-order valence-electron chi connectivity index (χ2n) is 8.21. The molecule has 3 nitrogen and oxygen atoms in total. The van der Waals surface area contributed by atoms with E-state index in [1.807, 2.05) is 0 Å². The van der Waals surface area contributed by atoms with E-state index in [1.54, 1.807) is 0 Å². The van der Waals surface area contributed by atoms with Gasteiger partial charge in [0.2, 0.25) is 5.91 Å². The number of nitrogens with zero attached hydrogens (tertiary/aromatic N) is 1. The van der Waals surface area contributed by atoms with Gasteiger partial charge >= 0.3 is 0 Å². The SMILES string of the molecule is CCN1CCCC1CNC(=O)C(c1c(C)cccc1C)c1c(C)cccc1C.Cl. The van der Waals surface area contributed by atoms with Gasteiger partial charge in [-0.2, -0.15) is 0 Å². The molecule has 2 aromatic carbocycles. The van der Waals surface area contributed by atoms with E-state index in [2.05, 4.69) is 81.2 Å². The number of hydrogen-bond donors (Lipinski definition) is 1. The summed E-state index contributed by atoms with van der Waals surface area (Å²) in [5.74, 6) is -0.142. The number of nitrogens with one attached hydrogen (secondary N) is 1. The molecule has 1 aliphatic rings. The first-order chi connectivity index (χ1) is 13.4. The van der Waals surface area contributed by atoms with Crippen molar-refractivity contribution in [2.45, 2.75) is 59.4 Å². The zero-order valence-electron chi connectivity index (χ0n) is 18.4. The third-order valence-corrected chi connectivity index (χ3v) is 6.34. The summed E-state index contributed by atoms with van der Waals surface area (Å²) in [7, 11) is 0. The summed E-state index contributed by atoms with van der Waals surface area (Å²) >= 11 is 0. The van der Waals surface area contributed by atoms with Crippen molar-refractivity contribution in [3.8, 4) is 0 Å². The van der Waals surface area contributed by atoms with Gasteiger partial charge in [0.1, 0.15) is 0 Å². The third-order valence-electron chi connectivity index (χ3n) is 6.34.